The Morgan fingerprint density at radius 3 is 2.08 bits per heavy atom. The van der Waals surface area contributed by atoms with Crippen molar-refractivity contribution in [3.8, 4) is 11.1 Å². The van der Waals surface area contributed by atoms with E-state index in [0.717, 1.165) is 22.3 Å². The SMILES string of the molecule is NC(=O)NCCC[C@H](NC(=O)OCC1c2ccccc2-c2ccccc21)C(=O)Nc1ccc(C(=O)O)cc1. The first-order valence-corrected chi connectivity index (χ1v) is 12.1. The van der Waals surface area contributed by atoms with Crippen molar-refractivity contribution in [2.24, 2.45) is 5.73 Å². The second kappa shape index (κ2) is 11.9. The maximum atomic E-state index is 13.0. The number of aromatic carboxylic acids is 1. The molecule has 4 amide bonds. The molecule has 1 aliphatic rings. The number of urea groups is 1. The molecule has 0 aromatic heterocycles. The second-order valence-corrected chi connectivity index (χ2v) is 8.83. The number of ether oxygens (including phenoxy) is 1. The van der Waals surface area contributed by atoms with Crippen LogP contribution in [-0.2, 0) is 9.53 Å². The molecule has 0 unspecified atom stereocenters. The Kier molecular flexibility index (Phi) is 8.22. The Hall–Kier alpha value is -4.86. The van der Waals surface area contributed by atoms with Crippen LogP contribution in [0.1, 0.15) is 40.2 Å². The van der Waals surface area contributed by atoms with E-state index in [4.69, 9.17) is 15.6 Å². The number of amides is 4. The number of rotatable bonds is 10. The monoisotopic (exact) mass is 516 g/mol. The molecule has 4 rings (SSSR count). The standard InChI is InChI=1S/C28H28N4O6/c29-27(36)30-15-5-10-24(25(33)31-18-13-11-17(12-14-18)26(34)35)32-28(37)38-16-23-21-8-3-1-6-19(21)20-7-2-4-9-22(20)23/h1-4,6-9,11-14,23-24H,5,10,15-16H2,(H,31,33)(H,32,37)(H,34,35)(H3,29,30,36)/t24-/m0/s1. The highest BCUT2D eigenvalue weighted by Crippen LogP contribution is 2.44. The largest absolute Gasteiger partial charge is 0.478 e. The number of carboxylic acids is 1. The number of carboxylic acid groups (broad SMARTS) is 1. The lowest BCUT2D eigenvalue weighted by Crippen LogP contribution is -2.44. The first kappa shape index (κ1) is 26.2. The van der Waals surface area contributed by atoms with Crippen LogP contribution in [0.15, 0.2) is 72.8 Å². The number of fused-ring (bicyclic) bond motifs is 3. The van der Waals surface area contributed by atoms with E-state index < -0.39 is 30.0 Å². The molecule has 0 saturated carbocycles. The Labute approximate surface area is 219 Å². The first-order chi connectivity index (χ1) is 18.3. The van der Waals surface area contributed by atoms with Gasteiger partial charge in [0.25, 0.3) is 0 Å². The van der Waals surface area contributed by atoms with E-state index in [0.29, 0.717) is 12.1 Å². The molecular formula is C28H28N4O6. The lowest BCUT2D eigenvalue weighted by atomic mass is 9.98. The summed E-state index contributed by atoms with van der Waals surface area (Å²) in [4.78, 5) is 47.8. The number of carbonyl (C=O) groups excluding carboxylic acids is 3. The molecule has 0 fully saturated rings. The van der Waals surface area contributed by atoms with E-state index in [9.17, 15) is 19.2 Å². The normalized spacial score (nSPS) is 12.5. The van der Waals surface area contributed by atoms with Gasteiger partial charge in [-0.25, -0.2) is 14.4 Å². The lowest BCUT2D eigenvalue weighted by molar-refractivity contribution is -0.118. The zero-order valence-corrected chi connectivity index (χ0v) is 20.5. The molecule has 0 radical (unpaired) electrons. The molecule has 196 valence electrons. The number of alkyl carbamates (subject to hydrolysis) is 1. The number of carbonyl (C=O) groups is 4. The van der Waals surface area contributed by atoms with Gasteiger partial charge in [-0.05, 0) is 59.4 Å². The molecule has 3 aromatic rings. The average Bonchev–Trinajstić information content (AvgIpc) is 3.23. The minimum Gasteiger partial charge on any atom is -0.478 e. The van der Waals surface area contributed by atoms with Crippen molar-refractivity contribution in [3.05, 3.63) is 89.5 Å². The molecule has 0 bridgehead atoms. The summed E-state index contributed by atoms with van der Waals surface area (Å²) < 4.78 is 5.57. The first-order valence-electron chi connectivity index (χ1n) is 12.1. The highest BCUT2D eigenvalue weighted by molar-refractivity contribution is 5.97. The van der Waals surface area contributed by atoms with Crippen LogP contribution in [0.25, 0.3) is 11.1 Å². The summed E-state index contributed by atoms with van der Waals surface area (Å²) in [5, 5.41) is 16.8. The van der Waals surface area contributed by atoms with Gasteiger partial charge < -0.3 is 31.5 Å². The third-order valence-electron chi connectivity index (χ3n) is 6.32. The van der Waals surface area contributed by atoms with Crippen LogP contribution in [-0.4, -0.2) is 48.3 Å². The van der Waals surface area contributed by atoms with E-state index in [1.165, 1.54) is 24.3 Å². The predicted octanol–water partition coefficient (Wildman–Crippen LogP) is 3.68. The van der Waals surface area contributed by atoms with Gasteiger partial charge in [-0.3, -0.25) is 4.79 Å². The summed E-state index contributed by atoms with van der Waals surface area (Å²) >= 11 is 0. The Morgan fingerprint density at radius 1 is 0.895 bits per heavy atom. The summed E-state index contributed by atoms with van der Waals surface area (Å²) in [6.45, 7) is 0.312. The molecular weight excluding hydrogens is 488 g/mol. The van der Waals surface area contributed by atoms with Crippen molar-refractivity contribution in [3.63, 3.8) is 0 Å². The van der Waals surface area contributed by atoms with Crippen LogP contribution in [0.5, 0.6) is 0 Å². The van der Waals surface area contributed by atoms with Crippen LogP contribution >= 0.6 is 0 Å². The lowest BCUT2D eigenvalue weighted by Gasteiger charge is -2.20. The van der Waals surface area contributed by atoms with Gasteiger partial charge in [-0.2, -0.15) is 0 Å². The number of nitrogens with two attached hydrogens (primary N) is 1. The van der Waals surface area contributed by atoms with Crippen molar-refractivity contribution in [1.29, 1.82) is 0 Å². The van der Waals surface area contributed by atoms with Crippen molar-refractivity contribution in [2.75, 3.05) is 18.5 Å². The number of hydrogen-bond acceptors (Lipinski definition) is 5. The Morgan fingerprint density at radius 2 is 1.50 bits per heavy atom. The molecule has 0 saturated heterocycles. The molecule has 0 spiro atoms. The molecule has 0 heterocycles. The molecule has 38 heavy (non-hydrogen) atoms. The van der Waals surface area contributed by atoms with Gasteiger partial charge in [0.2, 0.25) is 5.91 Å². The molecule has 10 heteroatoms. The zero-order chi connectivity index (χ0) is 27.1. The maximum absolute atomic E-state index is 13.0. The molecule has 1 atom stereocenters. The fourth-order valence-electron chi connectivity index (χ4n) is 4.49. The zero-order valence-electron chi connectivity index (χ0n) is 20.5. The van der Waals surface area contributed by atoms with E-state index in [-0.39, 0.29) is 31.1 Å². The third-order valence-corrected chi connectivity index (χ3v) is 6.32. The van der Waals surface area contributed by atoms with Crippen LogP contribution in [0.2, 0.25) is 0 Å². The smallest absolute Gasteiger partial charge is 0.407 e. The second-order valence-electron chi connectivity index (χ2n) is 8.83. The Bertz CT molecular complexity index is 1300. The Balaban J connectivity index is 1.40. The van der Waals surface area contributed by atoms with E-state index in [2.05, 4.69) is 16.0 Å². The summed E-state index contributed by atoms with van der Waals surface area (Å²) in [6.07, 6.45) is -0.192. The van der Waals surface area contributed by atoms with Crippen LogP contribution in [0, 0.1) is 0 Å². The fourth-order valence-corrected chi connectivity index (χ4v) is 4.49. The maximum Gasteiger partial charge on any atom is 0.407 e. The van der Waals surface area contributed by atoms with Crippen molar-refractivity contribution < 1.29 is 29.0 Å². The van der Waals surface area contributed by atoms with Gasteiger partial charge in [0.1, 0.15) is 12.6 Å². The molecule has 1 aliphatic carbocycles. The summed E-state index contributed by atoms with van der Waals surface area (Å²) in [5.74, 6) is -1.73. The van der Waals surface area contributed by atoms with E-state index >= 15 is 0 Å². The van der Waals surface area contributed by atoms with E-state index in [1.54, 1.807) is 0 Å². The molecule has 0 aliphatic heterocycles. The molecule has 6 N–H and O–H groups in total. The highest BCUT2D eigenvalue weighted by atomic mass is 16.5. The van der Waals surface area contributed by atoms with Gasteiger partial charge in [0, 0.05) is 18.2 Å². The quantitative estimate of drug-likeness (QED) is 0.258. The number of hydrogen-bond donors (Lipinski definition) is 5. The number of nitrogens with one attached hydrogen (secondary N) is 3. The third kappa shape index (κ3) is 6.28. The van der Waals surface area contributed by atoms with E-state index in [1.807, 2.05) is 48.5 Å². The van der Waals surface area contributed by atoms with Crippen molar-refractivity contribution in [2.45, 2.75) is 24.8 Å². The average molecular weight is 517 g/mol. The van der Waals surface area contributed by atoms with Crippen molar-refractivity contribution >= 4 is 29.7 Å². The van der Waals surface area contributed by atoms with Gasteiger partial charge >= 0.3 is 18.1 Å². The van der Waals surface area contributed by atoms with Crippen LogP contribution in [0.3, 0.4) is 0 Å². The van der Waals surface area contributed by atoms with Gasteiger partial charge in [-0.1, -0.05) is 48.5 Å². The highest BCUT2D eigenvalue weighted by Gasteiger charge is 2.29. The summed E-state index contributed by atoms with van der Waals surface area (Å²) in [5.41, 5.74) is 9.88. The summed E-state index contributed by atoms with van der Waals surface area (Å²) in [7, 11) is 0. The van der Waals surface area contributed by atoms with Crippen LogP contribution in [0.4, 0.5) is 15.3 Å². The fraction of sp³-hybridized carbons (Fsp3) is 0.214. The number of primary amides is 1. The van der Waals surface area contributed by atoms with Gasteiger partial charge in [0.05, 0.1) is 5.56 Å². The predicted molar refractivity (Wildman–Crippen MR) is 141 cm³/mol. The minimum atomic E-state index is -1.08. The van der Waals surface area contributed by atoms with Gasteiger partial charge in [-0.15, -0.1) is 0 Å². The minimum absolute atomic E-state index is 0.0776. The summed E-state index contributed by atoms with van der Waals surface area (Å²) in [6, 6.07) is 19.9. The number of anilines is 1. The van der Waals surface area contributed by atoms with Gasteiger partial charge in [0.15, 0.2) is 0 Å². The van der Waals surface area contributed by atoms with Crippen molar-refractivity contribution in [1.82, 2.24) is 10.6 Å². The molecule has 10 nitrogen and oxygen atoms in total. The van der Waals surface area contributed by atoms with Crippen LogP contribution < -0.4 is 21.7 Å². The molecule has 3 aromatic carbocycles. The number of benzene rings is 3. The topological polar surface area (TPSA) is 160 Å².